The normalized spacial score (nSPS) is 12.2. The number of nitrogens with zero attached hydrogens (tertiary/aromatic N) is 2. The van der Waals surface area contributed by atoms with Crippen LogP contribution < -0.4 is 11.1 Å². The van der Waals surface area contributed by atoms with Crippen molar-refractivity contribution in [3.05, 3.63) is 47.2 Å². The number of halogens is 1. The van der Waals surface area contributed by atoms with Gasteiger partial charge in [-0.2, -0.15) is 5.10 Å². The van der Waals surface area contributed by atoms with Gasteiger partial charge in [-0.3, -0.25) is 9.48 Å². The van der Waals surface area contributed by atoms with Crippen LogP contribution in [0.5, 0.6) is 0 Å². The zero-order chi connectivity index (χ0) is 13.1. The average Bonchev–Trinajstić information content (AvgIpc) is 2.78. The van der Waals surface area contributed by atoms with E-state index in [1.807, 2.05) is 0 Å². The first-order valence-corrected chi connectivity index (χ1v) is 5.74. The van der Waals surface area contributed by atoms with Gasteiger partial charge in [0, 0.05) is 29.5 Å². The minimum Gasteiger partial charge on any atom is -0.324 e. The number of nitrogens with two attached hydrogens (primary N) is 1. The van der Waals surface area contributed by atoms with E-state index in [-0.39, 0.29) is 5.91 Å². The van der Waals surface area contributed by atoms with Crippen molar-refractivity contribution in [1.82, 2.24) is 9.78 Å². The molecule has 0 aliphatic carbocycles. The number of benzene rings is 1. The molecule has 5 nitrogen and oxygen atoms in total. The molecule has 1 aromatic carbocycles. The minimum atomic E-state index is -0.741. The van der Waals surface area contributed by atoms with Gasteiger partial charge in [-0.15, -0.1) is 0 Å². The Kier molecular flexibility index (Phi) is 3.64. The molecule has 1 heterocycles. The van der Waals surface area contributed by atoms with Crippen molar-refractivity contribution in [2.24, 2.45) is 12.8 Å². The average molecular weight is 265 g/mol. The molecule has 0 aliphatic heterocycles. The maximum atomic E-state index is 11.9. The van der Waals surface area contributed by atoms with Crippen LogP contribution in [0.2, 0.25) is 5.02 Å². The highest BCUT2D eigenvalue weighted by molar-refractivity contribution is 6.30. The Bertz CT molecular complexity index is 549. The number of anilines is 1. The first kappa shape index (κ1) is 12.6. The van der Waals surface area contributed by atoms with Crippen molar-refractivity contribution in [3.63, 3.8) is 0 Å². The third-order valence-corrected chi connectivity index (χ3v) is 2.73. The van der Waals surface area contributed by atoms with Crippen LogP contribution in [0.3, 0.4) is 0 Å². The lowest BCUT2D eigenvalue weighted by Gasteiger charge is -2.10. The molecule has 0 spiro atoms. The predicted octanol–water partition coefficient (Wildman–Crippen LogP) is 1.71. The number of rotatable bonds is 3. The molecule has 6 heteroatoms. The molecular formula is C12H13ClN4O. The number of aromatic nitrogens is 2. The number of hydrogen-bond acceptors (Lipinski definition) is 3. The fraction of sp³-hybridized carbons (Fsp3) is 0.167. The molecule has 94 valence electrons. The summed E-state index contributed by atoms with van der Waals surface area (Å²) in [7, 11) is 1.77. The summed E-state index contributed by atoms with van der Waals surface area (Å²) in [5.41, 5.74) is 7.16. The van der Waals surface area contributed by atoms with Crippen LogP contribution in [0.4, 0.5) is 5.69 Å². The SMILES string of the molecule is Cn1cc(C(N)C(=O)Nc2ccc(Cl)cc2)cn1. The van der Waals surface area contributed by atoms with Crippen LogP contribution in [0, 0.1) is 0 Å². The summed E-state index contributed by atoms with van der Waals surface area (Å²) < 4.78 is 1.60. The first-order valence-electron chi connectivity index (χ1n) is 5.37. The second-order valence-corrected chi connectivity index (χ2v) is 4.36. The lowest BCUT2D eigenvalue weighted by molar-refractivity contribution is -0.117. The van der Waals surface area contributed by atoms with E-state index in [2.05, 4.69) is 10.4 Å². The highest BCUT2D eigenvalue weighted by Crippen LogP contribution is 2.16. The molecule has 1 aromatic heterocycles. The molecule has 2 rings (SSSR count). The van der Waals surface area contributed by atoms with E-state index in [1.165, 1.54) is 0 Å². The smallest absolute Gasteiger partial charge is 0.246 e. The number of carbonyl (C=O) groups excluding carboxylic acids is 1. The Balaban J connectivity index is 2.05. The second-order valence-electron chi connectivity index (χ2n) is 3.92. The Morgan fingerprint density at radius 2 is 2.11 bits per heavy atom. The van der Waals surface area contributed by atoms with Crippen LogP contribution in [0.25, 0.3) is 0 Å². The zero-order valence-electron chi connectivity index (χ0n) is 9.80. The van der Waals surface area contributed by atoms with Crippen molar-refractivity contribution >= 4 is 23.2 Å². The van der Waals surface area contributed by atoms with E-state index in [0.29, 0.717) is 16.3 Å². The molecule has 0 aliphatic rings. The number of carbonyl (C=O) groups is 1. The largest absolute Gasteiger partial charge is 0.324 e. The van der Waals surface area contributed by atoms with Crippen molar-refractivity contribution in [2.45, 2.75) is 6.04 Å². The van der Waals surface area contributed by atoms with Crippen molar-refractivity contribution < 1.29 is 4.79 Å². The summed E-state index contributed by atoms with van der Waals surface area (Å²) in [6, 6.07) is 6.10. The minimum absolute atomic E-state index is 0.287. The third kappa shape index (κ3) is 2.88. The van der Waals surface area contributed by atoms with Crippen molar-refractivity contribution in [1.29, 1.82) is 0 Å². The van der Waals surface area contributed by atoms with Gasteiger partial charge in [-0.1, -0.05) is 11.6 Å². The lowest BCUT2D eigenvalue weighted by Crippen LogP contribution is -2.27. The molecule has 3 N–H and O–H groups in total. The number of amides is 1. The van der Waals surface area contributed by atoms with Gasteiger partial charge in [0.05, 0.1) is 6.20 Å². The molecule has 0 fully saturated rings. The van der Waals surface area contributed by atoms with Crippen LogP contribution in [-0.2, 0) is 11.8 Å². The van der Waals surface area contributed by atoms with Crippen LogP contribution in [0.15, 0.2) is 36.7 Å². The molecule has 1 amide bonds. The van der Waals surface area contributed by atoms with Gasteiger partial charge in [0.2, 0.25) is 5.91 Å². The van der Waals surface area contributed by atoms with E-state index in [1.54, 1.807) is 48.4 Å². The second kappa shape index (κ2) is 5.20. The van der Waals surface area contributed by atoms with E-state index in [0.717, 1.165) is 0 Å². The third-order valence-electron chi connectivity index (χ3n) is 2.48. The Morgan fingerprint density at radius 3 is 2.67 bits per heavy atom. The lowest BCUT2D eigenvalue weighted by atomic mass is 10.1. The summed E-state index contributed by atoms with van der Waals surface area (Å²) in [6.45, 7) is 0. The molecule has 0 radical (unpaired) electrons. The van der Waals surface area contributed by atoms with E-state index in [4.69, 9.17) is 17.3 Å². The summed E-state index contributed by atoms with van der Waals surface area (Å²) in [5, 5.41) is 7.31. The molecule has 1 unspecified atom stereocenters. The molecule has 18 heavy (non-hydrogen) atoms. The quantitative estimate of drug-likeness (QED) is 0.886. The predicted molar refractivity (Wildman–Crippen MR) is 70.2 cm³/mol. The van der Waals surface area contributed by atoms with Crippen molar-refractivity contribution in [2.75, 3.05) is 5.32 Å². The fourth-order valence-corrected chi connectivity index (χ4v) is 1.63. The summed E-state index contributed by atoms with van der Waals surface area (Å²) in [4.78, 5) is 11.9. The topological polar surface area (TPSA) is 72.9 Å². The van der Waals surface area contributed by atoms with E-state index in [9.17, 15) is 4.79 Å². The molecule has 0 saturated carbocycles. The standard InChI is InChI=1S/C12H13ClN4O/c1-17-7-8(6-15-17)11(14)12(18)16-10-4-2-9(13)3-5-10/h2-7,11H,14H2,1H3,(H,16,18). The van der Waals surface area contributed by atoms with Gasteiger partial charge in [-0.05, 0) is 24.3 Å². The molecule has 1 atom stereocenters. The monoisotopic (exact) mass is 264 g/mol. The molecular weight excluding hydrogens is 252 g/mol. The van der Waals surface area contributed by atoms with Gasteiger partial charge >= 0.3 is 0 Å². The molecule has 0 saturated heterocycles. The van der Waals surface area contributed by atoms with Crippen LogP contribution in [0.1, 0.15) is 11.6 Å². The van der Waals surface area contributed by atoms with Gasteiger partial charge in [0.25, 0.3) is 0 Å². The van der Waals surface area contributed by atoms with Gasteiger partial charge in [0.15, 0.2) is 0 Å². The molecule has 0 bridgehead atoms. The summed E-state index contributed by atoms with van der Waals surface area (Å²) >= 11 is 5.76. The maximum Gasteiger partial charge on any atom is 0.246 e. The van der Waals surface area contributed by atoms with Crippen LogP contribution >= 0.6 is 11.6 Å². The summed E-state index contributed by atoms with van der Waals surface area (Å²) in [6.07, 6.45) is 3.29. The van der Waals surface area contributed by atoms with Crippen molar-refractivity contribution in [3.8, 4) is 0 Å². The number of aryl methyl sites for hydroxylation is 1. The van der Waals surface area contributed by atoms with Crippen LogP contribution in [-0.4, -0.2) is 15.7 Å². The fourth-order valence-electron chi connectivity index (χ4n) is 1.51. The van der Waals surface area contributed by atoms with Gasteiger partial charge in [0.1, 0.15) is 6.04 Å². The zero-order valence-corrected chi connectivity index (χ0v) is 10.6. The molecule has 2 aromatic rings. The Hall–Kier alpha value is -1.85. The maximum absolute atomic E-state index is 11.9. The van der Waals surface area contributed by atoms with Gasteiger partial charge in [-0.25, -0.2) is 0 Å². The number of nitrogens with one attached hydrogen (secondary N) is 1. The Labute approximate surface area is 110 Å². The van der Waals surface area contributed by atoms with Gasteiger partial charge < -0.3 is 11.1 Å². The highest BCUT2D eigenvalue weighted by atomic mass is 35.5. The summed E-state index contributed by atoms with van der Waals surface area (Å²) in [5.74, 6) is -0.287. The highest BCUT2D eigenvalue weighted by Gasteiger charge is 2.17. The first-order chi connectivity index (χ1) is 8.56. The van der Waals surface area contributed by atoms with E-state index < -0.39 is 6.04 Å². The number of hydrogen-bond donors (Lipinski definition) is 2. The van der Waals surface area contributed by atoms with E-state index >= 15 is 0 Å². The Morgan fingerprint density at radius 1 is 1.44 bits per heavy atom.